The maximum absolute atomic E-state index is 6.41. The van der Waals surface area contributed by atoms with Crippen molar-refractivity contribution in [3.8, 4) is 38.9 Å². The Balaban J connectivity index is 1.58. The molecule has 0 bridgehead atoms. The minimum absolute atomic E-state index is 0.262. The van der Waals surface area contributed by atoms with Crippen molar-refractivity contribution in [2.45, 2.75) is 0 Å². The van der Waals surface area contributed by atoms with Gasteiger partial charge in [0, 0.05) is 10.9 Å². The number of methoxy groups -OCH3 is 1. The summed E-state index contributed by atoms with van der Waals surface area (Å²) < 4.78 is 16.1. The number of anilines is 1. The van der Waals surface area contributed by atoms with Crippen LogP contribution in [0, 0.1) is 0 Å². The standard InChI is InChI=1S/C21H16N2O3S/c1-24-14-5-2-12(3-6-14)20-19(22)15-7-8-16(23-21(15)27-20)13-4-9-17-18(10-13)26-11-25-17/h2-10H,11,22H2,1H3. The van der Waals surface area contributed by atoms with Gasteiger partial charge >= 0.3 is 0 Å². The van der Waals surface area contributed by atoms with Crippen LogP contribution in [-0.2, 0) is 0 Å². The number of pyridine rings is 1. The Morgan fingerprint density at radius 1 is 0.963 bits per heavy atom. The lowest BCUT2D eigenvalue weighted by atomic mass is 10.1. The van der Waals surface area contributed by atoms with Crippen LogP contribution in [0.4, 0.5) is 5.69 Å². The Bertz CT molecular complexity index is 1150. The third-order valence-electron chi connectivity index (χ3n) is 4.61. The summed E-state index contributed by atoms with van der Waals surface area (Å²) in [6, 6.07) is 17.8. The van der Waals surface area contributed by atoms with Crippen molar-refractivity contribution < 1.29 is 14.2 Å². The van der Waals surface area contributed by atoms with E-state index in [1.807, 2.05) is 54.6 Å². The Hall–Kier alpha value is -3.25. The molecule has 3 heterocycles. The molecule has 0 amide bonds. The fraction of sp³-hybridized carbons (Fsp3) is 0.0952. The summed E-state index contributed by atoms with van der Waals surface area (Å²) in [7, 11) is 1.66. The molecule has 6 heteroatoms. The lowest BCUT2D eigenvalue weighted by Crippen LogP contribution is -1.92. The molecule has 1 aliphatic rings. The number of nitrogens with two attached hydrogens (primary N) is 1. The van der Waals surface area contributed by atoms with E-state index in [9.17, 15) is 0 Å². The molecule has 5 nitrogen and oxygen atoms in total. The van der Waals surface area contributed by atoms with E-state index in [-0.39, 0.29) is 6.79 Å². The molecule has 1 aliphatic heterocycles. The third-order valence-corrected chi connectivity index (χ3v) is 5.78. The van der Waals surface area contributed by atoms with E-state index in [0.29, 0.717) is 0 Å². The highest BCUT2D eigenvalue weighted by Crippen LogP contribution is 2.42. The topological polar surface area (TPSA) is 66.6 Å². The predicted octanol–water partition coefficient (Wildman–Crippen LogP) is 4.95. The average molecular weight is 376 g/mol. The van der Waals surface area contributed by atoms with Gasteiger partial charge in [-0.25, -0.2) is 4.98 Å². The number of rotatable bonds is 3. The van der Waals surface area contributed by atoms with Crippen molar-refractivity contribution in [2.75, 3.05) is 19.6 Å². The second-order valence-corrected chi connectivity index (χ2v) is 7.19. The Kier molecular flexibility index (Phi) is 3.65. The molecule has 0 radical (unpaired) electrons. The first-order chi connectivity index (χ1) is 13.2. The summed E-state index contributed by atoms with van der Waals surface area (Å²) in [5.74, 6) is 2.34. The zero-order valence-corrected chi connectivity index (χ0v) is 15.4. The fourth-order valence-corrected chi connectivity index (χ4v) is 4.27. The van der Waals surface area contributed by atoms with Crippen LogP contribution >= 0.6 is 11.3 Å². The molecule has 0 unspecified atom stereocenters. The molecule has 0 aliphatic carbocycles. The Labute approximate surface area is 159 Å². The van der Waals surface area contributed by atoms with Crippen molar-refractivity contribution in [1.82, 2.24) is 4.98 Å². The summed E-state index contributed by atoms with van der Waals surface area (Å²) in [5.41, 5.74) is 10.1. The number of aromatic nitrogens is 1. The minimum Gasteiger partial charge on any atom is -0.497 e. The minimum atomic E-state index is 0.262. The number of fused-ring (bicyclic) bond motifs is 2. The van der Waals surface area contributed by atoms with E-state index < -0.39 is 0 Å². The highest BCUT2D eigenvalue weighted by atomic mass is 32.1. The SMILES string of the molecule is COc1ccc(-c2sc3nc(-c4ccc5c(c4)OCO5)ccc3c2N)cc1. The third kappa shape index (κ3) is 2.65. The first-order valence-electron chi connectivity index (χ1n) is 8.46. The van der Waals surface area contributed by atoms with Crippen molar-refractivity contribution in [3.05, 3.63) is 54.6 Å². The van der Waals surface area contributed by atoms with Crippen molar-refractivity contribution in [3.63, 3.8) is 0 Å². The first kappa shape index (κ1) is 16.0. The molecule has 0 saturated carbocycles. The van der Waals surface area contributed by atoms with Crippen LogP contribution in [0.5, 0.6) is 17.2 Å². The van der Waals surface area contributed by atoms with E-state index in [2.05, 4.69) is 0 Å². The van der Waals surface area contributed by atoms with Gasteiger partial charge in [-0.2, -0.15) is 0 Å². The van der Waals surface area contributed by atoms with Gasteiger partial charge in [-0.3, -0.25) is 0 Å². The van der Waals surface area contributed by atoms with E-state index in [4.69, 9.17) is 24.9 Å². The molecule has 0 fully saturated rings. The second-order valence-electron chi connectivity index (χ2n) is 6.19. The Morgan fingerprint density at radius 2 is 1.74 bits per heavy atom. The van der Waals surface area contributed by atoms with E-state index in [0.717, 1.165) is 54.9 Å². The molecule has 4 aromatic rings. The summed E-state index contributed by atoms with van der Waals surface area (Å²) >= 11 is 1.59. The Morgan fingerprint density at radius 3 is 2.56 bits per heavy atom. The number of hydrogen-bond acceptors (Lipinski definition) is 6. The molecule has 2 N–H and O–H groups in total. The zero-order chi connectivity index (χ0) is 18.4. The molecular weight excluding hydrogens is 360 g/mol. The largest absolute Gasteiger partial charge is 0.497 e. The molecule has 134 valence electrons. The van der Waals surface area contributed by atoms with Crippen LogP contribution in [0.2, 0.25) is 0 Å². The molecule has 2 aromatic heterocycles. The van der Waals surface area contributed by atoms with E-state index in [1.165, 1.54) is 0 Å². The van der Waals surface area contributed by atoms with Gasteiger partial charge in [0.05, 0.1) is 23.4 Å². The second kappa shape index (κ2) is 6.17. The van der Waals surface area contributed by atoms with Crippen LogP contribution < -0.4 is 19.9 Å². The quantitative estimate of drug-likeness (QED) is 0.548. The number of hydrogen-bond donors (Lipinski definition) is 1. The number of ether oxygens (including phenoxy) is 3. The van der Waals surface area contributed by atoms with Gasteiger partial charge in [0.1, 0.15) is 10.6 Å². The maximum Gasteiger partial charge on any atom is 0.231 e. The number of thiophene rings is 1. The molecule has 2 aromatic carbocycles. The molecule has 0 saturated heterocycles. The normalized spacial score (nSPS) is 12.5. The number of benzene rings is 2. The first-order valence-corrected chi connectivity index (χ1v) is 9.28. The highest BCUT2D eigenvalue weighted by Gasteiger charge is 2.16. The van der Waals surface area contributed by atoms with E-state index in [1.54, 1.807) is 18.4 Å². The van der Waals surface area contributed by atoms with Crippen LogP contribution in [0.25, 0.3) is 31.9 Å². The summed E-state index contributed by atoms with van der Waals surface area (Å²) in [6.07, 6.45) is 0. The molecule has 0 atom stereocenters. The summed E-state index contributed by atoms with van der Waals surface area (Å²) in [6.45, 7) is 0.262. The highest BCUT2D eigenvalue weighted by molar-refractivity contribution is 7.22. The lowest BCUT2D eigenvalue weighted by Gasteiger charge is -2.03. The van der Waals surface area contributed by atoms with Crippen molar-refractivity contribution >= 4 is 27.2 Å². The van der Waals surface area contributed by atoms with E-state index >= 15 is 0 Å². The maximum atomic E-state index is 6.41. The monoisotopic (exact) mass is 376 g/mol. The van der Waals surface area contributed by atoms with Crippen molar-refractivity contribution in [2.24, 2.45) is 0 Å². The van der Waals surface area contributed by atoms with Gasteiger partial charge in [0.25, 0.3) is 0 Å². The molecular formula is C21H16N2O3S. The van der Waals surface area contributed by atoms with Crippen LogP contribution in [0.3, 0.4) is 0 Å². The molecule has 27 heavy (non-hydrogen) atoms. The van der Waals surface area contributed by atoms with Crippen LogP contribution in [0.15, 0.2) is 54.6 Å². The van der Waals surface area contributed by atoms with Gasteiger partial charge in [-0.1, -0.05) is 0 Å². The summed E-state index contributed by atoms with van der Waals surface area (Å²) in [4.78, 5) is 6.76. The average Bonchev–Trinajstić information content (AvgIpc) is 3.31. The van der Waals surface area contributed by atoms with Gasteiger partial charge in [-0.05, 0) is 60.2 Å². The van der Waals surface area contributed by atoms with Crippen LogP contribution in [-0.4, -0.2) is 18.9 Å². The fourth-order valence-electron chi connectivity index (χ4n) is 3.17. The predicted molar refractivity (Wildman–Crippen MR) is 108 cm³/mol. The number of nitrogens with zero attached hydrogens (tertiary/aromatic N) is 1. The number of nitrogen functional groups attached to an aromatic ring is 1. The molecule has 0 spiro atoms. The lowest BCUT2D eigenvalue weighted by molar-refractivity contribution is 0.174. The van der Waals surface area contributed by atoms with Crippen molar-refractivity contribution in [1.29, 1.82) is 0 Å². The van der Waals surface area contributed by atoms with Gasteiger partial charge in [-0.15, -0.1) is 11.3 Å². The van der Waals surface area contributed by atoms with Gasteiger partial charge in [0.15, 0.2) is 11.5 Å². The van der Waals surface area contributed by atoms with Gasteiger partial charge in [0.2, 0.25) is 6.79 Å². The van der Waals surface area contributed by atoms with Gasteiger partial charge < -0.3 is 19.9 Å². The van der Waals surface area contributed by atoms with Crippen LogP contribution in [0.1, 0.15) is 0 Å². The smallest absolute Gasteiger partial charge is 0.231 e. The zero-order valence-electron chi connectivity index (χ0n) is 14.6. The summed E-state index contributed by atoms with van der Waals surface area (Å²) in [5, 5.41) is 0.968. The molecule has 5 rings (SSSR count).